The van der Waals surface area contributed by atoms with Gasteiger partial charge in [0.2, 0.25) is 0 Å². The van der Waals surface area contributed by atoms with Crippen LogP contribution in [0.25, 0.3) is 0 Å². The summed E-state index contributed by atoms with van der Waals surface area (Å²) in [7, 11) is 0. The summed E-state index contributed by atoms with van der Waals surface area (Å²) < 4.78 is 0. The Kier molecular flexibility index (Phi) is 2.29. The van der Waals surface area contributed by atoms with E-state index in [0.29, 0.717) is 6.54 Å². The van der Waals surface area contributed by atoms with Crippen molar-refractivity contribution in [2.24, 2.45) is 0 Å². The molecule has 0 radical (unpaired) electrons. The summed E-state index contributed by atoms with van der Waals surface area (Å²) in [5, 5.41) is 11.7. The topological polar surface area (TPSA) is 49.3 Å². The molecule has 0 aromatic rings. The van der Waals surface area contributed by atoms with Crippen LogP contribution in [0.15, 0.2) is 12.2 Å². The van der Waals surface area contributed by atoms with Crippen LogP contribution in [0.2, 0.25) is 0 Å². The number of aliphatic carboxylic acids is 1. The normalized spacial score (nSPS) is 20.5. The highest BCUT2D eigenvalue weighted by molar-refractivity contribution is 5.82. The Labute approximate surface area is 66.1 Å². The predicted molar refractivity (Wildman–Crippen MR) is 42.4 cm³/mol. The summed E-state index contributed by atoms with van der Waals surface area (Å²) >= 11 is 0. The molecule has 0 aliphatic heterocycles. The second-order valence-corrected chi connectivity index (χ2v) is 2.84. The van der Waals surface area contributed by atoms with Gasteiger partial charge in [-0.2, -0.15) is 0 Å². The largest absolute Gasteiger partial charge is 0.480 e. The second-order valence-electron chi connectivity index (χ2n) is 2.84. The maximum absolute atomic E-state index is 10.6. The maximum atomic E-state index is 10.6. The smallest absolute Gasteiger partial charge is 0.323 e. The Morgan fingerprint density at radius 1 is 1.73 bits per heavy atom. The van der Waals surface area contributed by atoms with Gasteiger partial charge in [0, 0.05) is 6.54 Å². The highest BCUT2D eigenvalue weighted by Gasteiger charge is 2.49. The summed E-state index contributed by atoms with van der Waals surface area (Å²) in [6.45, 7) is 2.57. The van der Waals surface area contributed by atoms with Gasteiger partial charge in [-0.05, 0) is 19.8 Å². The van der Waals surface area contributed by atoms with Crippen LogP contribution in [-0.2, 0) is 4.79 Å². The van der Waals surface area contributed by atoms with Gasteiger partial charge in [0.25, 0.3) is 0 Å². The summed E-state index contributed by atoms with van der Waals surface area (Å²) in [6, 6.07) is 0. The number of carbonyl (C=O) groups is 1. The third kappa shape index (κ3) is 1.80. The average Bonchev–Trinajstić information content (AvgIpc) is 2.70. The minimum Gasteiger partial charge on any atom is -0.480 e. The van der Waals surface area contributed by atoms with Gasteiger partial charge in [0.05, 0.1) is 0 Å². The Balaban J connectivity index is 2.30. The zero-order chi connectivity index (χ0) is 8.32. The van der Waals surface area contributed by atoms with Crippen LogP contribution < -0.4 is 5.32 Å². The molecule has 1 fully saturated rings. The average molecular weight is 155 g/mol. The quantitative estimate of drug-likeness (QED) is 0.589. The highest BCUT2D eigenvalue weighted by Crippen LogP contribution is 2.35. The standard InChI is InChI=1S/C8H13NO2/c1-2-3-6-9-8(4-5-8)7(10)11/h2-3,9H,4-6H2,1H3,(H,10,11)/b3-2+. The molecule has 3 nitrogen and oxygen atoms in total. The number of hydrogen-bond acceptors (Lipinski definition) is 2. The van der Waals surface area contributed by atoms with E-state index in [2.05, 4.69) is 5.32 Å². The van der Waals surface area contributed by atoms with Crippen molar-refractivity contribution in [3.05, 3.63) is 12.2 Å². The zero-order valence-corrected chi connectivity index (χ0v) is 6.63. The molecule has 0 aromatic heterocycles. The number of carboxylic acids is 1. The van der Waals surface area contributed by atoms with E-state index in [-0.39, 0.29) is 0 Å². The van der Waals surface area contributed by atoms with Crippen LogP contribution in [0.4, 0.5) is 0 Å². The van der Waals surface area contributed by atoms with E-state index in [1.54, 1.807) is 0 Å². The minimum atomic E-state index is -0.720. The third-order valence-corrected chi connectivity index (χ3v) is 1.95. The molecule has 0 spiro atoms. The lowest BCUT2D eigenvalue weighted by Crippen LogP contribution is -2.39. The lowest BCUT2D eigenvalue weighted by atomic mass is 10.3. The first-order chi connectivity index (χ1) is 5.21. The molecule has 1 saturated carbocycles. The lowest BCUT2D eigenvalue weighted by molar-refractivity contribution is -0.140. The molecule has 11 heavy (non-hydrogen) atoms. The van der Waals surface area contributed by atoms with Crippen molar-refractivity contribution < 1.29 is 9.90 Å². The van der Waals surface area contributed by atoms with Crippen LogP contribution in [-0.4, -0.2) is 23.2 Å². The van der Waals surface area contributed by atoms with Crippen molar-refractivity contribution >= 4 is 5.97 Å². The fraction of sp³-hybridized carbons (Fsp3) is 0.625. The number of nitrogens with one attached hydrogen (secondary N) is 1. The van der Waals surface area contributed by atoms with Crippen LogP contribution in [0.5, 0.6) is 0 Å². The van der Waals surface area contributed by atoms with Crippen molar-refractivity contribution in [2.45, 2.75) is 25.3 Å². The number of rotatable bonds is 4. The van der Waals surface area contributed by atoms with Gasteiger partial charge in [0.15, 0.2) is 0 Å². The van der Waals surface area contributed by atoms with Crippen molar-refractivity contribution in [1.29, 1.82) is 0 Å². The minimum absolute atomic E-state index is 0.584. The summed E-state index contributed by atoms with van der Waals surface area (Å²) in [5.41, 5.74) is -0.584. The number of allylic oxidation sites excluding steroid dienone is 1. The number of hydrogen-bond donors (Lipinski definition) is 2. The second kappa shape index (κ2) is 3.05. The Bertz CT molecular complexity index is 183. The maximum Gasteiger partial charge on any atom is 0.323 e. The SMILES string of the molecule is C/C=C/CNC1(C(=O)O)CC1. The van der Waals surface area contributed by atoms with Crippen LogP contribution in [0.1, 0.15) is 19.8 Å². The summed E-state index contributed by atoms with van der Waals surface area (Å²) in [4.78, 5) is 10.6. The van der Waals surface area contributed by atoms with E-state index >= 15 is 0 Å². The summed E-state index contributed by atoms with van der Waals surface area (Å²) in [6.07, 6.45) is 5.35. The first kappa shape index (κ1) is 8.27. The summed E-state index contributed by atoms with van der Waals surface area (Å²) in [5.74, 6) is -0.720. The zero-order valence-electron chi connectivity index (χ0n) is 6.63. The van der Waals surface area contributed by atoms with E-state index in [1.807, 2.05) is 19.1 Å². The van der Waals surface area contributed by atoms with Crippen molar-refractivity contribution in [1.82, 2.24) is 5.32 Å². The molecular formula is C8H13NO2. The molecule has 62 valence electrons. The molecule has 1 aliphatic rings. The van der Waals surface area contributed by atoms with Gasteiger partial charge >= 0.3 is 5.97 Å². The number of carboxylic acid groups (broad SMARTS) is 1. The fourth-order valence-corrected chi connectivity index (χ4v) is 0.963. The van der Waals surface area contributed by atoms with Gasteiger partial charge < -0.3 is 5.11 Å². The molecule has 2 N–H and O–H groups in total. The van der Waals surface area contributed by atoms with Gasteiger partial charge in [-0.15, -0.1) is 0 Å². The van der Waals surface area contributed by atoms with E-state index in [1.165, 1.54) is 0 Å². The van der Waals surface area contributed by atoms with E-state index in [0.717, 1.165) is 12.8 Å². The molecular weight excluding hydrogens is 142 g/mol. The fourth-order valence-electron chi connectivity index (χ4n) is 0.963. The van der Waals surface area contributed by atoms with Crippen LogP contribution in [0.3, 0.4) is 0 Å². The van der Waals surface area contributed by atoms with Crippen molar-refractivity contribution in [3.8, 4) is 0 Å². The molecule has 1 aliphatic carbocycles. The molecule has 0 aromatic carbocycles. The van der Waals surface area contributed by atoms with Gasteiger partial charge in [-0.25, -0.2) is 0 Å². The monoisotopic (exact) mass is 155 g/mol. The molecule has 0 atom stereocenters. The predicted octanol–water partition coefficient (Wildman–Crippen LogP) is 0.769. The molecule has 0 bridgehead atoms. The Morgan fingerprint density at radius 2 is 2.36 bits per heavy atom. The van der Waals surface area contributed by atoms with Crippen LogP contribution >= 0.6 is 0 Å². The van der Waals surface area contributed by atoms with E-state index in [4.69, 9.17) is 5.11 Å². The first-order valence-corrected chi connectivity index (χ1v) is 3.81. The highest BCUT2D eigenvalue weighted by atomic mass is 16.4. The van der Waals surface area contributed by atoms with Crippen LogP contribution in [0, 0.1) is 0 Å². The Morgan fingerprint density at radius 3 is 2.73 bits per heavy atom. The van der Waals surface area contributed by atoms with E-state index in [9.17, 15) is 4.79 Å². The van der Waals surface area contributed by atoms with Gasteiger partial charge in [-0.1, -0.05) is 12.2 Å². The van der Waals surface area contributed by atoms with Gasteiger partial charge in [0.1, 0.15) is 5.54 Å². The van der Waals surface area contributed by atoms with Crippen molar-refractivity contribution in [3.63, 3.8) is 0 Å². The Hall–Kier alpha value is -0.830. The lowest BCUT2D eigenvalue weighted by Gasteiger charge is -2.08. The van der Waals surface area contributed by atoms with E-state index < -0.39 is 11.5 Å². The molecule has 0 saturated heterocycles. The molecule has 3 heteroatoms. The van der Waals surface area contributed by atoms with Crippen molar-refractivity contribution in [2.75, 3.05) is 6.54 Å². The third-order valence-electron chi connectivity index (χ3n) is 1.95. The molecule has 0 heterocycles. The van der Waals surface area contributed by atoms with Gasteiger partial charge in [-0.3, -0.25) is 10.1 Å². The first-order valence-electron chi connectivity index (χ1n) is 3.81. The molecule has 1 rings (SSSR count). The molecule has 0 unspecified atom stereocenters. The molecule has 0 amide bonds.